The first-order valence-corrected chi connectivity index (χ1v) is 12.9. The number of likely N-dealkylation sites (tertiary alicyclic amines) is 1. The second-order valence-electron chi connectivity index (χ2n) is 10.4. The van der Waals surface area contributed by atoms with Gasteiger partial charge in [-0.2, -0.15) is 0 Å². The Balaban J connectivity index is 1.51. The van der Waals surface area contributed by atoms with Crippen molar-refractivity contribution >= 4 is 17.5 Å². The Morgan fingerprint density at radius 2 is 1.83 bits per heavy atom. The highest BCUT2D eigenvalue weighted by Gasteiger charge is 2.40. The van der Waals surface area contributed by atoms with Crippen molar-refractivity contribution in [3.63, 3.8) is 0 Å². The molecule has 35 heavy (non-hydrogen) atoms. The van der Waals surface area contributed by atoms with E-state index in [2.05, 4.69) is 16.8 Å². The van der Waals surface area contributed by atoms with Gasteiger partial charge in [0.05, 0.1) is 6.61 Å². The zero-order valence-corrected chi connectivity index (χ0v) is 21.9. The topological polar surface area (TPSA) is 36.0 Å². The van der Waals surface area contributed by atoms with Crippen molar-refractivity contribution in [2.75, 3.05) is 52.9 Å². The van der Waals surface area contributed by atoms with E-state index in [0.29, 0.717) is 24.6 Å². The van der Waals surface area contributed by atoms with Gasteiger partial charge in [0.25, 0.3) is 0 Å². The molecule has 2 aliphatic heterocycles. The highest BCUT2D eigenvalue weighted by molar-refractivity contribution is 6.31. The minimum absolute atomic E-state index is 0.206. The van der Waals surface area contributed by atoms with Crippen molar-refractivity contribution in [1.82, 2.24) is 14.7 Å². The number of piperidine rings is 1. The summed E-state index contributed by atoms with van der Waals surface area (Å²) in [6.07, 6.45) is 2.37. The molecule has 0 radical (unpaired) electrons. The minimum Gasteiger partial charge on any atom is -0.493 e. The lowest BCUT2D eigenvalue weighted by Crippen LogP contribution is -2.52. The van der Waals surface area contributed by atoms with E-state index in [0.717, 1.165) is 74.6 Å². The third kappa shape index (κ3) is 6.75. The largest absolute Gasteiger partial charge is 0.493 e. The third-order valence-corrected chi connectivity index (χ3v) is 7.93. The number of nitrogens with zero attached hydrogens (tertiary/aromatic N) is 3. The van der Waals surface area contributed by atoms with Crippen LogP contribution in [-0.2, 0) is 11.3 Å². The fourth-order valence-electron chi connectivity index (χ4n) is 5.24. The molecule has 1 unspecified atom stereocenters. The first-order valence-electron chi connectivity index (χ1n) is 12.6. The number of piperazine rings is 1. The van der Waals surface area contributed by atoms with Crippen molar-refractivity contribution in [1.29, 1.82) is 0 Å². The number of hydrogen-bond acceptors (Lipinski definition) is 4. The number of ether oxygens (including phenoxy) is 1. The average Bonchev–Trinajstić information content (AvgIpc) is 2.83. The molecule has 4 rings (SSSR count). The van der Waals surface area contributed by atoms with Crippen LogP contribution in [0.25, 0.3) is 0 Å². The molecule has 0 spiro atoms. The number of halogens is 2. The van der Waals surface area contributed by atoms with Gasteiger partial charge in [-0.1, -0.05) is 17.7 Å². The zero-order valence-electron chi connectivity index (χ0n) is 21.2. The van der Waals surface area contributed by atoms with Crippen molar-refractivity contribution in [3.05, 3.63) is 63.9 Å². The van der Waals surface area contributed by atoms with Gasteiger partial charge in [-0.25, -0.2) is 4.39 Å². The highest BCUT2D eigenvalue weighted by atomic mass is 35.5. The summed E-state index contributed by atoms with van der Waals surface area (Å²) in [4.78, 5) is 20.0. The van der Waals surface area contributed by atoms with E-state index in [1.807, 2.05) is 43.0 Å². The van der Waals surface area contributed by atoms with Crippen molar-refractivity contribution in [2.24, 2.45) is 5.41 Å². The van der Waals surface area contributed by atoms with E-state index in [9.17, 15) is 9.18 Å². The summed E-state index contributed by atoms with van der Waals surface area (Å²) in [5.74, 6) is 0.773. The van der Waals surface area contributed by atoms with Gasteiger partial charge >= 0.3 is 0 Å². The number of carbonyl (C=O) groups excluding carboxylic acids is 1. The molecule has 2 aromatic carbocycles. The predicted octanol–water partition coefficient (Wildman–Crippen LogP) is 4.92. The molecule has 1 atom stereocenters. The number of amides is 1. The number of likely N-dealkylation sites (N-methyl/N-ethyl adjacent to an activating group) is 1. The van der Waals surface area contributed by atoms with E-state index in [1.54, 1.807) is 6.07 Å². The number of benzene rings is 2. The molecular formula is C28H37ClFN3O2. The zero-order chi connectivity index (χ0) is 25.0. The molecule has 0 saturated carbocycles. The Hall–Kier alpha value is -2.15. The van der Waals surface area contributed by atoms with Crippen LogP contribution in [0.4, 0.5) is 4.39 Å². The number of rotatable bonds is 7. The van der Waals surface area contributed by atoms with Gasteiger partial charge in [0.1, 0.15) is 11.6 Å². The quantitative estimate of drug-likeness (QED) is 0.539. The van der Waals surface area contributed by atoms with Crippen molar-refractivity contribution in [2.45, 2.75) is 39.7 Å². The van der Waals surface area contributed by atoms with E-state index in [4.69, 9.17) is 16.3 Å². The molecule has 2 aromatic rings. The van der Waals surface area contributed by atoms with Gasteiger partial charge in [0, 0.05) is 56.1 Å². The van der Waals surface area contributed by atoms with Gasteiger partial charge < -0.3 is 14.5 Å². The maximum absolute atomic E-state index is 13.9. The van der Waals surface area contributed by atoms with Crippen LogP contribution in [0.5, 0.6) is 5.75 Å². The van der Waals surface area contributed by atoms with Crippen LogP contribution in [0.1, 0.15) is 36.0 Å². The van der Waals surface area contributed by atoms with Crippen LogP contribution < -0.4 is 4.74 Å². The Kier molecular flexibility index (Phi) is 8.35. The van der Waals surface area contributed by atoms with Gasteiger partial charge in [-0.05, 0) is 87.3 Å². The molecule has 7 heteroatoms. The Morgan fingerprint density at radius 3 is 2.57 bits per heavy atom. The monoisotopic (exact) mass is 501 g/mol. The molecule has 0 N–H and O–H groups in total. The molecule has 2 fully saturated rings. The summed E-state index contributed by atoms with van der Waals surface area (Å²) in [6.45, 7) is 10.2. The molecule has 0 bridgehead atoms. The Labute approximate surface area is 213 Å². The van der Waals surface area contributed by atoms with Gasteiger partial charge in [-0.3, -0.25) is 9.69 Å². The van der Waals surface area contributed by atoms with Crippen LogP contribution in [0, 0.1) is 25.1 Å². The van der Waals surface area contributed by atoms with Crippen molar-refractivity contribution in [3.8, 4) is 5.75 Å². The maximum atomic E-state index is 13.9. The molecule has 2 saturated heterocycles. The summed E-state index contributed by atoms with van der Waals surface area (Å²) >= 11 is 6.20. The van der Waals surface area contributed by atoms with Gasteiger partial charge in [-0.15, -0.1) is 0 Å². The normalized spacial score (nSPS) is 21.8. The molecule has 2 heterocycles. The first-order chi connectivity index (χ1) is 16.7. The van der Waals surface area contributed by atoms with E-state index >= 15 is 0 Å². The summed E-state index contributed by atoms with van der Waals surface area (Å²) in [5, 5.41) is 0.714. The van der Waals surface area contributed by atoms with Gasteiger partial charge in [0.15, 0.2) is 0 Å². The summed E-state index contributed by atoms with van der Waals surface area (Å²) < 4.78 is 20.2. The molecule has 190 valence electrons. The van der Waals surface area contributed by atoms with Crippen LogP contribution >= 0.6 is 11.6 Å². The molecule has 0 aliphatic carbocycles. The summed E-state index contributed by atoms with van der Waals surface area (Å²) in [5.41, 5.74) is 2.76. The number of aryl methyl sites for hydroxylation is 2. The number of carbonyl (C=O) groups is 1. The van der Waals surface area contributed by atoms with Crippen LogP contribution in [0.2, 0.25) is 5.02 Å². The lowest BCUT2D eigenvalue weighted by atomic mass is 9.77. The highest BCUT2D eigenvalue weighted by Crippen LogP contribution is 2.36. The SMILES string of the molecule is Cc1cc(OCC2(CC(=O)N3CCN(C)CC3)CCCN(Cc3cc(F)ccc3C)C2)ccc1Cl. The summed E-state index contributed by atoms with van der Waals surface area (Å²) in [6, 6.07) is 10.7. The van der Waals surface area contributed by atoms with Crippen LogP contribution in [-0.4, -0.2) is 73.5 Å². The third-order valence-electron chi connectivity index (χ3n) is 7.50. The Bertz CT molecular complexity index is 1040. The van der Waals surface area contributed by atoms with Gasteiger partial charge in [0.2, 0.25) is 5.91 Å². The molecule has 1 amide bonds. The maximum Gasteiger partial charge on any atom is 0.223 e. The standard InChI is InChI=1S/C28H37ClFN3O2/c1-21-5-6-24(30)16-23(21)18-32-10-4-9-28(19-32,17-27(34)33-13-11-31(3)12-14-33)20-35-25-7-8-26(29)22(2)15-25/h5-8,15-16H,4,9-14,17-20H2,1-3H3. The van der Waals surface area contributed by atoms with E-state index in [1.165, 1.54) is 6.07 Å². The van der Waals surface area contributed by atoms with Crippen LogP contribution in [0.15, 0.2) is 36.4 Å². The second-order valence-corrected chi connectivity index (χ2v) is 10.9. The average molecular weight is 502 g/mol. The molecule has 0 aromatic heterocycles. The molecule has 2 aliphatic rings. The lowest BCUT2D eigenvalue weighted by Gasteiger charge is -2.44. The fourth-order valence-corrected chi connectivity index (χ4v) is 5.36. The first kappa shape index (κ1) is 25.9. The lowest BCUT2D eigenvalue weighted by molar-refractivity contribution is -0.137. The van der Waals surface area contributed by atoms with Crippen molar-refractivity contribution < 1.29 is 13.9 Å². The minimum atomic E-state index is -0.298. The van der Waals surface area contributed by atoms with Crippen LogP contribution in [0.3, 0.4) is 0 Å². The number of hydrogen-bond donors (Lipinski definition) is 0. The molecular weight excluding hydrogens is 465 g/mol. The van der Waals surface area contributed by atoms with E-state index < -0.39 is 0 Å². The second kappa shape index (κ2) is 11.3. The Morgan fingerprint density at radius 1 is 1.06 bits per heavy atom. The smallest absolute Gasteiger partial charge is 0.223 e. The fraction of sp³-hybridized carbons (Fsp3) is 0.536. The molecule has 5 nitrogen and oxygen atoms in total. The summed E-state index contributed by atoms with van der Waals surface area (Å²) in [7, 11) is 2.10. The predicted molar refractivity (Wildman–Crippen MR) is 138 cm³/mol. The van der Waals surface area contributed by atoms with E-state index in [-0.39, 0.29) is 17.1 Å².